The second-order valence-electron chi connectivity index (χ2n) is 5.20. The molecule has 1 aromatic carbocycles. The van der Waals surface area contributed by atoms with Gasteiger partial charge in [0.15, 0.2) is 0 Å². The molecule has 5 heteroatoms. The molecule has 1 atom stereocenters. The van der Waals surface area contributed by atoms with Gasteiger partial charge in [-0.25, -0.2) is 9.97 Å². The number of halogens is 1. The van der Waals surface area contributed by atoms with Crippen molar-refractivity contribution < 1.29 is 4.74 Å². The van der Waals surface area contributed by atoms with Gasteiger partial charge in [-0.05, 0) is 43.5 Å². The van der Waals surface area contributed by atoms with Gasteiger partial charge in [0.25, 0.3) is 0 Å². The molecule has 0 radical (unpaired) electrons. The first kappa shape index (κ1) is 12.6. The molecule has 1 N–H and O–H groups in total. The summed E-state index contributed by atoms with van der Waals surface area (Å²) in [6, 6.07) is 7.86. The molecule has 1 fully saturated rings. The maximum atomic E-state index is 5.99. The zero-order valence-corrected chi connectivity index (χ0v) is 11.6. The van der Waals surface area contributed by atoms with Crippen molar-refractivity contribution in [2.24, 2.45) is 0 Å². The van der Waals surface area contributed by atoms with E-state index in [1.807, 2.05) is 24.3 Å². The third kappa shape index (κ3) is 2.65. The van der Waals surface area contributed by atoms with Gasteiger partial charge in [-0.15, -0.1) is 0 Å². The zero-order valence-electron chi connectivity index (χ0n) is 10.8. The molecule has 3 rings (SSSR count). The topological polar surface area (TPSA) is 47.0 Å². The SMILES string of the molecule is CC1(Nc2nc(Cl)nc3ccccc23)CCCOC1. The molecule has 1 saturated heterocycles. The van der Waals surface area contributed by atoms with Gasteiger partial charge >= 0.3 is 0 Å². The highest BCUT2D eigenvalue weighted by Gasteiger charge is 2.28. The molecule has 0 aliphatic carbocycles. The fraction of sp³-hybridized carbons (Fsp3) is 0.429. The van der Waals surface area contributed by atoms with Crippen molar-refractivity contribution in [3.8, 4) is 0 Å². The normalized spacial score (nSPS) is 23.5. The second kappa shape index (κ2) is 4.94. The van der Waals surface area contributed by atoms with Crippen LogP contribution in [0.2, 0.25) is 5.28 Å². The molecule has 2 heterocycles. The number of hydrogen-bond acceptors (Lipinski definition) is 4. The van der Waals surface area contributed by atoms with E-state index in [4.69, 9.17) is 16.3 Å². The fourth-order valence-corrected chi connectivity index (χ4v) is 2.64. The Morgan fingerprint density at radius 2 is 2.16 bits per heavy atom. The standard InChI is InChI=1S/C14H16ClN3O/c1-14(7-4-8-19-9-14)18-12-10-5-2-3-6-11(10)16-13(15)17-12/h2-3,5-6H,4,7-9H2,1H3,(H,16,17,18). The summed E-state index contributed by atoms with van der Waals surface area (Å²) in [7, 11) is 0. The number of fused-ring (bicyclic) bond motifs is 1. The van der Waals surface area contributed by atoms with Crippen molar-refractivity contribution in [1.29, 1.82) is 0 Å². The number of aromatic nitrogens is 2. The summed E-state index contributed by atoms with van der Waals surface area (Å²) in [5.74, 6) is 0.781. The van der Waals surface area contributed by atoms with Crippen LogP contribution in [0.15, 0.2) is 24.3 Å². The van der Waals surface area contributed by atoms with Crippen LogP contribution in [-0.4, -0.2) is 28.7 Å². The van der Waals surface area contributed by atoms with Crippen LogP contribution in [0.5, 0.6) is 0 Å². The lowest BCUT2D eigenvalue weighted by atomic mass is 9.95. The fourth-order valence-electron chi connectivity index (χ4n) is 2.46. The number of ether oxygens (including phenoxy) is 1. The average Bonchev–Trinajstić information content (AvgIpc) is 2.39. The van der Waals surface area contributed by atoms with E-state index in [1.165, 1.54) is 0 Å². The molecular weight excluding hydrogens is 262 g/mol. The van der Waals surface area contributed by atoms with Gasteiger partial charge in [-0.2, -0.15) is 0 Å². The molecule has 1 unspecified atom stereocenters. The van der Waals surface area contributed by atoms with E-state index in [9.17, 15) is 0 Å². The Labute approximate surface area is 117 Å². The minimum atomic E-state index is -0.0985. The van der Waals surface area contributed by atoms with E-state index in [2.05, 4.69) is 22.2 Å². The third-order valence-corrected chi connectivity index (χ3v) is 3.60. The van der Waals surface area contributed by atoms with Gasteiger partial charge in [0.05, 0.1) is 17.7 Å². The molecule has 4 nitrogen and oxygen atoms in total. The molecule has 0 amide bonds. The van der Waals surface area contributed by atoms with E-state index in [1.54, 1.807) is 0 Å². The predicted molar refractivity (Wildman–Crippen MR) is 76.6 cm³/mol. The van der Waals surface area contributed by atoms with E-state index >= 15 is 0 Å². The zero-order chi connectivity index (χ0) is 13.3. The summed E-state index contributed by atoms with van der Waals surface area (Å²) in [6.45, 7) is 3.67. The Morgan fingerprint density at radius 1 is 1.32 bits per heavy atom. The van der Waals surface area contributed by atoms with E-state index in [-0.39, 0.29) is 10.8 Å². The Hall–Kier alpha value is -1.39. The number of rotatable bonds is 2. The monoisotopic (exact) mass is 277 g/mol. The van der Waals surface area contributed by atoms with Crippen LogP contribution in [0.25, 0.3) is 10.9 Å². The summed E-state index contributed by atoms with van der Waals surface area (Å²) >= 11 is 5.99. The predicted octanol–water partition coefficient (Wildman–Crippen LogP) is 3.26. The van der Waals surface area contributed by atoms with Crippen molar-refractivity contribution >= 4 is 28.3 Å². The van der Waals surface area contributed by atoms with Crippen LogP contribution in [0, 0.1) is 0 Å². The first-order chi connectivity index (χ1) is 9.16. The van der Waals surface area contributed by atoms with Gasteiger partial charge in [-0.3, -0.25) is 0 Å². The molecular formula is C14H16ClN3O. The molecule has 0 bridgehead atoms. The highest BCUT2D eigenvalue weighted by molar-refractivity contribution is 6.28. The lowest BCUT2D eigenvalue weighted by molar-refractivity contribution is 0.0539. The average molecular weight is 278 g/mol. The lowest BCUT2D eigenvalue weighted by Crippen LogP contribution is -2.43. The van der Waals surface area contributed by atoms with Gasteiger partial charge in [-0.1, -0.05) is 12.1 Å². The molecule has 1 aliphatic rings. The van der Waals surface area contributed by atoms with Crippen LogP contribution in [0.4, 0.5) is 5.82 Å². The number of para-hydroxylation sites is 1. The van der Waals surface area contributed by atoms with Crippen molar-refractivity contribution in [3.05, 3.63) is 29.5 Å². The van der Waals surface area contributed by atoms with Gasteiger partial charge < -0.3 is 10.1 Å². The number of benzene rings is 1. The van der Waals surface area contributed by atoms with Gasteiger partial charge in [0, 0.05) is 12.0 Å². The van der Waals surface area contributed by atoms with E-state index in [0.29, 0.717) is 6.61 Å². The van der Waals surface area contributed by atoms with Crippen molar-refractivity contribution in [3.63, 3.8) is 0 Å². The molecule has 100 valence electrons. The first-order valence-electron chi connectivity index (χ1n) is 6.45. The third-order valence-electron chi connectivity index (χ3n) is 3.43. The molecule has 19 heavy (non-hydrogen) atoms. The number of hydrogen-bond donors (Lipinski definition) is 1. The molecule has 1 aliphatic heterocycles. The Balaban J connectivity index is 2.00. The largest absolute Gasteiger partial charge is 0.379 e. The Bertz CT molecular complexity index is 596. The Kier molecular flexibility index (Phi) is 3.29. The second-order valence-corrected chi connectivity index (χ2v) is 5.54. The van der Waals surface area contributed by atoms with Crippen LogP contribution < -0.4 is 5.32 Å². The van der Waals surface area contributed by atoms with Crippen molar-refractivity contribution in [2.75, 3.05) is 18.5 Å². The van der Waals surface area contributed by atoms with E-state index in [0.717, 1.165) is 36.2 Å². The van der Waals surface area contributed by atoms with Crippen LogP contribution in [0.3, 0.4) is 0 Å². The number of anilines is 1. The lowest BCUT2D eigenvalue weighted by Gasteiger charge is -2.35. The smallest absolute Gasteiger partial charge is 0.224 e. The maximum absolute atomic E-state index is 5.99. The quantitative estimate of drug-likeness (QED) is 0.856. The van der Waals surface area contributed by atoms with Crippen molar-refractivity contribution in [1.82, 2.24) is 9.97 Å². The summed E-state index contributed by atoms with van der Waals surface area (Å²) in [6.07, 6.45) is 2.11. The highest BCUT2D eigenvalue weighted by Crippen LogP contribution is 2.28. The Morgan fingerprint density at radius 3 is 2.95 bits per heavy atom. The molecule has 0 saturated carbocycles. The van der Waals surface area contributed by atoms with Crippen LogP contribution in [0.1, 0.15) is 19.8 Å². The molecule has 2 aromatic rings. The van der Waals surface area contributed by atoms with Gasteiger partial charge in [0.2, 0.25) is 5.28 Å². The summed E-state index contributed by atoms with van der Waals surface area (Å²) in [4.78, 5) is 8.56. The first-order valence-corrected chi connectivity index (χ1v) is 6.82. The van der Waals surface area contributed by atoms with Crippen molar-refractivity contribution in [2.45, 2.75) is 25.3 Å². The summed E-state index contributed by atoms with van der Waals surface area (Å²) < 4.78 is 5.56. The highest BCUT2D eigenvalue weighted by atomic mass is 35.5. The van der Waals surface area contributed by atoms with E-state index < -0.39 is 0 Å². The molecule has 0 spiro atoms. The molecule has 1 aromatic heterocycles. The number of nitrogens with zero attached hydrogens (tertiary/aromatic N) is 2. The summed E-state index contributed by atoms with van der Waals surface area (Å²) in [5.41, 5.74) is 0.754. The number of nitrogens with one attached hydrogen (secondary N) is 1. The van der Waals surface area contributed by atoms with Crippen LogP contribution >= 0.6 is 11.6 Å². The maximum Gasteiger partial charge on any atom is 0.224 e. The van der Waals surface area contributed by atoms with Crippen LogP contribution in [-0.2, 0) is 4.74 Å². The minimum absolute atomic E-state index is 0.0985. The minimum Gasteiger partial charge on any atom is -0.379 e. The summed E-state index contributed by atoms with van der Waals surface area (Å²) in [5, 5.41) is 4.73. The van der Waals surface area contributed by atoms with Gasteiger partial charge in [0.1, 0.15) is 5.82 Å².